The lowest BCUT2D eigenvalue weighted by atomic mass is 10.6. The Morgan fingerprint density at radius 2 is 2.25 bits per heavy atom. The van der Waals surface area contributed by atoms with Gasteiger partial charge in [-0.05, 0) is 22.0 Å². The Labute approximate surface area is 77.4 Å². The first-order chi connectivity index (χ1) is 5.86. The van der Waals surface area contributed by atoms with Crippen molar-refractivity contribution in [3.63, 3.8) is 0 Å². The normalized spacial score (nSPS) is 10.1. The standard InChI is InChI=1S/C7H5BrN4/c8-6-4-9-5-7(11-6)12-3-1-2-10-12/h1-5H. The van der Waals surface area contributed by atoms with Crippen LogP contribution >= 0.6 is 15.9 Å². The SMILES string of the molecule is Brc1cncc(-n2cccn2)n1. The molecule has 2 aromatic rings. The van der Waals surface area contributed by atoms with Gasteiger partial charge in [-0.15, -0.1) is 0 Å². The van der Waals surface area contributed by atoms with Gasteiger partial charge < -0.3 is 0 Å². The van der Waals surface area contributed by atoms with E-state index in [2.05, 4.69) is 31.0 Å². The average Bonchev–Trinajstić information content (AvgIpc) is 2.56. The molecule has 60 valence electrons. The predicted octanol–water partition coefficient (Wildman–Crippen LogP) is 1.42. The fourth-order valence-electron chi connectivity index (χ4n) is 0.847. The number of halogens is 1. The number of nitrogens with zero attached hydrogens (tertiary/aromatic N) is 4. The Bertz CT molecular complexity index is 371. The predicted molar refractivity (Wildman–Crippen MR) is 46.9 cm³/mol. The molecule has 0 aliphatic carbocycles. The molecule has 4 nitrogen and oxygen atoms in total. The molecule has 5 heteroatoms. The molecule has 2 aromatic heterocycles. The first-order valence-electron chi connectivity index (χ1n) is 3.34. The Morgan fingerprint density at radius 1 is 1.33 bits per heavy atom. The van der Waals surface area contributed by atoms with Gasteiger partial charge in [0, 0.05) is 12.4 Å². The molecule has 0 aromatic carbocycles. The minimum absolute atomic E-state index is 0.703. The van der Waals surface area contributed by atoms with Gasteiger partial charge in [-0.25, -0.2) is 9.67 Å². The Balaban J connectivity index is 2.48. The van der Waals surface area contributed by atoms with Crippen molar-refractivity contribution in [1.29, 1.82) is 0 Å². The van der Waals surface area contributed by atoms with E-state index in [9.17, 15) is 0 Å². The Hall–Kier alpha value is -1.23. The zero-order valence-corrected chi connectivity index (χ0v) is 7.64. The summed E-state index contributed by atoms with van der Waals surface area (Å²) >= 11 is 3.23. The monoisotopic (exact) mass is 224 g/mol. The first kappa shape index (κ1) is 7.42. The van der Waals surface area contributed by atoms with Crippen molar-refractivity contribution in [2.24, 2.45) is 0 Å². The van der Waals surface area contributed by atoms with E-state index in [-0.39, 0.29) is 0 Å². The smallest absolute Gasteiger partial charge is 0.172 e. The minimum Gasteiger partial charge on any atom is -0.258 e. The number of aromatic nitrogens is 4. The lowest BCUT2D eigenvalue weighted by Crippen LogP contribution is -1.98. The summed E-state index contributed by atoms with van der Waals surface area (Å²) in [5, 5.41) is 4.02. The van der Waals surface area contributed by atoms with Crippen LogP contribution in [0.25, 0.3) is 5.82 Å². The molecule has 0 spiro atoms. The minimum atomic E-state index is 0.703. The van der Waals surface area contributed by atoms with Crippen molar-refractivity contribution in [2.45, 2.75) is 0 Å². The van der Waals surface area contributed by atoms with E-state index in [1.54, 1.807) is 23.3 Å². The lowest BCUT2D eigenvalue weighted by molar-refractivity contribution is 0.833. The van der Waals surface area contributed by atoms with Gasteiger partial charge in [-0.2, -0.15) is 5.10 Å². The number of hydrogen-bond acceptors (Lipinski definition) is 3. The van der Waals surface area contributed by atoms with Gasteiger partial charge in [0.1, 0.15) is 4.60 Å². The number of hydrogen-bond donors (Lipinski definition) is 0. The van der Waals surface area contributed by atoms with Crippen LogP contribution in [0.4, 0.5) is 0 Å². The fraction of sp³-hybridized carbons (Fsp3) is 0. The molecule has 0 unspecified atom stereocenters. The Morgan fingerprint density at radius 3 is 2.92 bits per heavy atom. The first-order valence-corrected chi connectivity index (χ1v) is 4.13. The summed E-state index contributed by atoms with van der Waals surface area (Å²) in [6, 6.07) is 1.84. The summed E-state index contributed by atoms with van der Waals surface area (Å²) in [7, 11) is 0. The maximum absolute atomic E-state index is 4.17. The second-order valence-corrected chi connectivity index (χ2v) is 2.96. The molecule has 2 heterocycles. The summed E-state index contributed by atoms with van der Waals surface area (Å²) in [5.74, 6) is 0.703. The van der Waals surface area contributed by atoms with Crippen molar-refractivity contribution in [1.82, 2.24) is 19.7 Å². The summed E-state index contributed by atoms with van der Waals surface area (Å²) in [5.41, 5.74) is 0. The van der Waals surface area contributed by atoms with E-state index < -0.39 is 0 Å². The molecule has 0 N–H and O–H groups in total. The van der Waals surface area contributed by atoms with E-state index in [1.807, 2.05) is 12.3 Å². The summed E-state index contributed by atoms with van der Waals surface area (Å²) in [6.07, 6.45) is 6.80. The van der Waals surface area contributed by atoms with Gasteiger partial charge in [0.2, 0.25) is 0 Å². The van der Waals surface area contributed by atoms with Gasteiger partial charge in [-0.1, -0.05) is 0 Å². The van der Waals surface area contributed by atoms with Crippen molar-refractivity contribution < 1.29 is 0 Å². The molecule has 0 amide bonds. The molecule has 0 radical (unpaired) electrons. The highest BCUT2D eigenvalue weighted by molar-refractivity contribution is 9.10. The van der Waals surface area contributed by atoms with Gasteiger partial charge in [0.05, 0.1) is 12.4 Å². The van der Waals surface area contributed by atoms with Crippen LogP contribution in [0.5, 0.6) is 0 Å². The van der Waals surface area contributed by atoms with Crippen LogP contribution in [-0.4, -0.2) is 19.7 Å². The van der Waals surface area contributed by atoms with Crippen molar-refractivity contribution in [3.05, 3.63) is 35.5 Å². The summed E-state index contributed by atoms with van der Waals surface area (Å²) < 4.78 is 2.35. The average molecular weight is 225 g/mol. The maximum Gasteiger partial charge on any atom is 0.172 e. The number of rotatable bonds is 1. The quantitative estimate of drug-likeness (QED) is 0.737. The van der Waals surface area contributed by atoms with Crippen LogP contribution in [0, 0.1) is 0 Å². The highest BCUT2D eigenvalue weighted by Crippen LogP contribution is 2.06. The zero-order valence-electron chi connectivity index (χ0n) is 6.05. The van der Waals surface area contributed by atoms with E-state index in [4.69, 9.17) is 0 Å². The highest BCUT2D eigenvalue weighted by atomic mass is 79.9. The second kappa shape index (κ2) is 3.02. The van der Waals surface area contributed by atoms with Gasteiger partial charge in [-0.3, -0.25) is 4.98 Å². The zero-order chi connectivity index (χ0) is 8.39. The van der Waals surface area contributed by atoms with Crippen LogP contribution in [0.2, 0.25) is 0 Å². The van der Waals surface area contributed by atoms with E-state index in [0.29, 0.717) is 10.4 Å². The molecule has 12 heavy (non-hydrogen) atoms. The van der Waals surface area contributed by atoms with Crippen LogP contribution in [-0.2, 0) is 0 Å². The van der Waals surface area contributed by atoms with Crippen LogP contribution in [0.3, 0.4) is 0 Å². The maximum atomic E-state index is 4.17. The molecule has 0 bridgehead atoms. The third-order valence-corrected chi connectivity index (χ3v) is 1.71. The largest absolute Gasteiger partial charge is 0.258 e. The second-order valence-electron chi connectivity index (χ2n) is 2.15. The highest BCUT2D eigenvalue weighted by Gasteiger charge is 1.97. The summed E-state index contributed by atoms with van der Waals surface area (Å²) in [4.78, 5) is 8.14. The fourth-order valence-corrected chi connectivity index (χ4v) is 1.15. The molecule has 0 atom stereocenters. The van der Waals surface area contributed by atoms with Crippen molar-refractivity contribution in [2.75, 3.05) is 0 Å². The van der Waals surface area contributed by atoms with Crippen LogP contribution in [0.1, 0.15) is 0 Å². The molecule has 0 aliphatic rings. The van der Waals surface area contributed by atoms with E-state index in [0.717, 1.165) is 0 Å². The Kier molecular flexibility index (Phi) is 1.87. The van der Waals surface area contributed by atoms with E-state index >= 15 is 0 Å². The molecular weight excluding hydrogens is 220 g/mol. The third kappa shape index (κ3) is 1.35. The molecule has 0 fully saturated rings. The van der Waals surface area contributed by atoms with Crippen molar-refractivity contribution in [3.8, 4) is 5.82 Å². The van der Waals surface area contributed by atoms with Crippen LogP contribution < -0.4 is 0 Å². The molecule has 2 rings (SSSR count). The van der Waals surface area contributed by atoms with E-state index in [1.165, 1.54) is 0 Å². The molecule has 0 aliphatic heterocycles. The van der Waals surface area contributed by atoms with Gasteiger partial charge >= 0.3 is 0 Å². The third-order valence-electron chi connectivity index (χ3n) is 1.33. The van der Waals surface area contributed by atoms with Crippen molar-refractivity contribution >= 4 is 15.9 Å². The van der Waals surface area contributed by atoms with Crippen LogP contribution in [0.15, 0.2) is 35.5 Å². The van der Waals surface area contributed by atoms with Gasteiger partial charge in [0.25, 0.3) is 0 Å². The molecular formula is C7H5BrN4. The van der Waals surface area contributed by atoms with Gasteiger partial charge in [0.15, 0.2) is 5.82 Å². The summed E-state index contributed by atoms with van der Waals surface area (Å²) in [6.45, 7) is 0. The molecule has 0 saturated carbocycles. The molecule has 0 saturated heterocycles. The lowest BCUT2D eigenvalue weighted by Gasteiger charge is -1.97. The topological polar surface area (TPSA) is 43.6 Å².